The Morgan fingerprint density at radius 3 is 3.07 bits per heavy atom. The van der Waals surface area contributed by atoms with Crippen molar-refractivity contribution in [3.8, 4) is 0 Å². The van der Waals surface area contributed by atoms with Crippen molar-refractivity contribution in [2.75, 3.05) is 13.2 Å². The molecule has 0 radical (unpaired) electrons. The lowest BCUT2D eigenvalue weighted by Gasteiger charge is -2.07. The third-order valence-corrected chi connectivity index (χ3v) is 2.78. The van der Waals surface area contributed by atoms with Gasteiger partial charge in [-0.25, -0.2) is 0 Å². The van der Waals surface area contributed by atoms with Crippen molar-refractivity contribution in [3.63, 3.8) is 0 Å². The molecular formula is C10H17N3O2. The van der Waals surface area contributed by atoms with E-state index in [1.807, 2.05) is 6.92 Å². The molecule has 1 saturated heterocycles. The second kappa shape index (κ2) is 4.72. The average molecular weight is 211 g/mol. The molecule has 0 aromatic carbocycles. The van der Waals surface area contributed by atoms with Gasteiger partial charge in [0, 0.05) is 13.0 Å². The van der Waals surface area contributed by atoms with Crippen LogP contribution in [0.5, 0.6) is 0 Å². The molecule has 0 saturated carbocycles. The summed E-state index contributed by atoms with van der Waals surface area (Å²) < 4.78 is 10.7. The Labute approximate surface area is 89.0 Å². The normalized spacial score (nSPS) is 26.0. The first-order valence-corrected chi connectivity index (χ1v) is 5.45. The van der Waals surface area contributed by atoms with Crippen molar-refractivity contribution in [1.82, 2.24) is 10.1 Å². The van der Waals surface area contributed by atoms with Gasteiger partial charge in [-0.15, -0.1) is 0 Å². The van der Waals surface area contributed by atoms with Crippen LogP contribution in [0.4, 0.5) is 0 Å². The molecule has 2 heterocycles. The second-order valence-corrected chi connectivity index (χ2v) is 3.91. The minimum atomic E-state index is 0.188. The standard InChI is InChI=1S/C10H17N3O2/c1-7-8(4-6-14-7)10-12-9(13-15-10)3-2-5-11/h7-8H,2-6,11H2,1H3. The quantitative estimate of drug-likeness (QED) is 0.799. The monoisotopic (exact) mass is 211 g/mol. The van der Waals surface area contributed by atoms with Crippen molar-refractivity contribution in [2.24, 2.45) is 5.73 Å². The Hall–Kier alpha value is -0.940. The first-order valence-electron chi connectivity index (χ1n) is 5.45. The van der Waals surface area contributed by atoms with Crippen molar-refractivity contribution < 1.29 is 9.26 Å². The topological polar surface area (TPSA) is 74.2 Å². The molecule has 1 fully saturated rings. The van der Waals surface area contributed by atoms with Gasteiger partial charge in [0.1, 0.15) is 0 Å². The fourth-order valence-electron chi connectivity index (χ4n) is 1.84. The Balaban J connectivity index is 1.99. The first-order chi connectivity index (χ1) is 7.31. The summed E-state index contributed by atoms with van der Waals surface area (Å²) in [7, 11) is 0. The van der Waals surface area contributed by atoms with Crippen LogP contribution in [-0.2, 0) is 11.2 Å². The summed E-state index contributed by atoms with van der Waals surface area (Å²) in [6.07, 6.45) is 2.85. The highest BCUT2D eigenvalue weighted by molar-refractivity contribution is 4.99. The summed E-state index contributed by atoms with van der Waals surface area (Å²) >= 11 is 0. The number of nitrogens with zero attached hydrogens (tertiary/aromatic N) is 2. The van der Waals surface area contributed by atoms with Crippen LogP contribution in [0.2, 0.25) is 0 Å². The number of aromatic nitrogens is 2. The minimum absolute atomic E-state index is 0.188. The summed E-state index contributed by atoms with van der Waals surface area (Å²) in [6.45, 7) is 3.49. The van der Waals surface area contributed by atoms with E-state index in [1.54, 1.807) is 0 Å². The third-order valence-electron chi connectivity index (χ3n) is 2.78. The summed E-state index contributed by atoms with van der Waals surface area (Å²) in [5.74, 6) is 1.74. The van der Waals surface area contributed by atoms with Gasteiger partial charge < -0.3 is 15.0 Å². The van der Waals surface area contributed by atoms with Gasteiger partial charge in [-0.1, -0.05) is 5.16 Å². The summed E-state index contributed by atoms with van der Waals surface area (Å²) in [6, 6.07) is 0. The zero-order valence-electron chi connectivity index (χ0n) is 8.98. The highest BCUT2D eigenvalue weighted by Crippen LogP contribution is 2.29. The van der Waals surface area contributed by atoms with Crippen LogP contribution in [0.25, 0.3) is 0 Å². The van der Waals surface area contributed by atoms with E-state index in [9.17, 15) is 0 Å². The average Bonchev–Trinajstić information content (AvgIpc) is 2.83. The van der Waals surface area contributed by atoms with Crippen LogP contribution in [0.1, 0.15) is 37.4 Å². The largest absolute Gasteiger partial charge is 0.378 e. The van der Waals surface area contributed by atoms with Gasteiger partial charge in [-0.05, 0) is 26.3 Å². The predicted molar refractivity (Wildman–Crippen MR) is 54.4 cm³/mol. The molecule has 2 atom stereocenters. The molecule has 1 aromatic heterocycles. The molecule has 84 valence electrons. The Kier molecular flexibility index (Phi) is 3.33. The highest BCUT2D eigenvalue weighted by atomic mass is 16.5. The van der Waals surface area contributed by atoms with Gasteiger partial charge in [0.2, 0.25) is 5.89 Å². The summed E-state index contributed by atoms with van der Waals surface area (Å²) in [4.78, 5) is 4.37. The van der Waals surface area contributed by atoms with Gasteiger partial charge in [0.15, 0.2) is 5.82 Å². The van der Waals surface area contributed by atoms with Crippen LogP contribution in [0.3, 0.4) is 0 Å². The Bertz CT molecular complexity index is 313. The molecule has 1 aliphatic rings. The lowest BCUT2D eigenvalue weighted by atomic mass is 10.0. The third kappa shape index (κ3) is 2.35. The van der Waals surface area contributed by atoms with E-state index in [4.69, 9.17) is 15.0 Å². The van der Waals surface area contributed by atoms with Gasteiger partial charge in [0.25, 0.3) is 0 Å². The lowest BCUT2D eigenvalue weighted by Crippen LogP contribution is -2.09. The maximum atomic E-state index is 5.46. The zero-order chi connectivity index (χ0) is 10.7. The molecule has 1 aromatic rings. The van der Waals surface area contributed by atoms with Crippen molar-refractivity contribution in [2.45, 2.75) is 38.2 Å². The lowest BCUT2D eigenvalue weighted by molar-refractivity contribution is 0.113. The Morgan fingerprint density at radius 2 is 2.40 bits per heavy atom. The molecule has 0 bridgehead atoms. The summed E-state index contributed by atoms with van der Waals surface area (Å²) in [5.41, 5.74) is 5.42. The smallest absolute Gasteiger partial charge is 0.232 e. The van der Waals surface area contributed by atoms with Crippen molar-refractivity contribution in [3.05, 3.63) is 11.7 Å². The van der Waals surface area contributed by atoms with Crippen LogP contribution in [0, 0.1) is 0 Å². The molecule has 0 amide bonds. The van der Waals surface area contributed by atoms with Crippen LogP contribution < -0.4 is 5.73 Å². The molecule has 2 N–H and O–H groups in total. The molecule has 0 spiro atoms. The van der Waals surface area contributed by atoms with E-state index in [-0.39, 0.29) is 12.0 Å². The predicted octanol–water partition coefficient (Wildman–Crippen LogP) is 0.853. The van der Waals surface area contributed by atoms with Crippen LogP contribution in [-0.4, -0.2) is 29.4 Å². The SMILES string of the molecule is CC1OCCC1c1nc(CCCN)no1. The number of rotatable bonds is 4. The van der Waals surface area contributed by atoms with Crippen LogP contribution >= 0.6 is 0 Å². The molecule has 1 aliphatic heterocycles. The number of ether oxygens (including phenoxy) is 1. The number of nitrogens with two attached hydrogens (primary N) is 1. The fourth-order valence-corrected chi connectivity index (χ4v) is 1.84. The second-order valence-electron chi connectivity index (χ2n) is 3.91. The minimum Gasteiger partial charge on any atom is -0.378 e. The molecule has 5 heteroatoms. The van der Waals surface area contributed by atoms with E-state index < -0.39 is 0 Å². The van der Waals surface area contributed by atoms with Crippen molar-refractivity contribution in [1.29, 1.82) is 0 Å². The van der Waals surface area contributed by atoms with E-state index in [0.717, 1.165) is 31.7 Å². The highest BCUT2D eigenvalue weighted by Gasteiger charge is 2.30. The van der Waals surface area contributed by atoms with Crippen molar-refractivity contribution >= 4 is 0 Å². The zero-order valence-corrected chi connectivity index (χ0v) is 8.98. The molecule has 0 aliphatic carbocycles. The molecule has 2 rings (SSSR count). The van der Waals surface area contributed by atoms with Gasteiger partial charge in [-0.2, -0.15) is 4.98 Å². The van der Waals surface area contributed by atoms with E-state index in [2.05, 4.69) is 10.1 Å². The van der Waals surface area contributed by atoms with Gasteiger partial charge >= 0.3 is 0 Å². The first kappa shape index (κ1) is 10.6. The molecular weight excluding hydrogens is 194 g/mol. The number of hydrogen-bond donors (Lipinski definition) is 1. The van der Waals surface area contributed by atoms with E-state index in [0.29, 0.717) is 12.4 Å². The van der Waals surface area contributed by atoms with Crippen LogP contribution in [0.15, 0.2) is 4.52 Å². The van der Waals surface area contributed by atoms with Gasteiger partial charge in [0.05, 0.1) is 12.0 Å². The van der Waals surface area contributed by atoms with E-state index in [1.165, 1.54) is 0 Å². The number of aryl methyl sites for hydroxylation is 1. The molecule has 5 nitrogen and oxygen atoms in total. The van der Waals surface area contributed by atoms with E-state index >= 15 is 0 Å². The van der Waals surface area contributed by atoms with Gasteiger partial charge in [-0.3, -0.25) is 0 Å². The maximum Gasteiger partial charge on any atom is 0.232 e. The fraction of sp³-hybridized carbons (Fsp3) is 0.800. The summed E-state index contributed by atoms with van der Waals surface area (Å²) in [5, 5.41) is 3.94. The molecule has 15 heavy (non-hydrogen) atoms. The maximum absolute atomic E-state index is 5.46. The molecule has 2 unspecified atom stereocenters. The number of hydrogen-bond acceptors (Lipinski definition) is 5. The Morgan fingerprint density at radius 1 is 1.53 bits per heavy atom.